The monoisotopic (exact) mass is 483 g/mol. The number of anilines is 1. The van der Waals surface area contributed by atoms with Crippen LogP contribution in [0, 0.1) is 17.9 Å². The van der Waals surface area contributed by atoms with E-state index >= 15 is 0 Å². The molecule has 182 valence electrons. The number of nitrogens with zero attached hydrogens (tertiary/aromatic N) is 3. The smallest absolute Gasteiger partial charge is 0.265 e. The van der Waals surface area contributed by atoms with Gasteiger partial charge in [0.15, 0.2) is 5.60 Å². The lowest BCUT2D eigenvalue weighted by Gasteiger charge is -2.39. The Balaban J connectivity index is 1.52. The van der Waals surface area contributed by atoms with Gasteiger partial charge in [-0.15, -0.1) is 0 Å². The summed E-state index contributed by atoms with van der Waals surface area (Å²) in [5, 5.41) is 9.70. The molecule has 2 aliphatic rings. The van der Waals surface area contributed by atoms with Crippen molar-refractivity contribution in [3.63, 3.8) is 0 Å². The lowest BCUT2D eigenvalue weighted by Crippen LogP contribution is -2.34. The maximum Gasteiger partial charge on any atom is 0.265 e. The molecule has 2 aliphatic heterocycles. The van der Waals surface area contributed by atoms with Crippen LogP contribution in [0.2, 0.25) is 0 Å². The first kappa shape index (κ1) is 24.2. The van der Waals surface area contributed by atoms with Crippen LogP contribution in [0.15, 0.2) is 114 Å². The van der Waals surface area contributed by atoms with Crippen molar-refractivity contribution in [2.45, 2.75) is 31.3 Å². The zero-order valence-electron chi connectivity index (χ0n) is 20.8. The number of benzene rings is 3. The molecule has 1 saturated heterocycles. The van der Waals surface area contributed by atoms with Crippen molar-refractivity contribution >= 4 is 11.8 Å². The van der Waals surface area contributed by atoms with Crippen molar-refractivity contribution in [2.75, 3.05) is 18.0 Å². The zero-order valence-corrected chi connectivity index (χ0v) is 20.8. The molecule has 0 radical (unpaired) electrons. The molecule has 4 nitrogen and oxygen atoms in total. The second-order valence-electron chi connectivity index (χ2n) is 9.45. The van der Waals surface area contributed by atoms with E-state index in [-0.39, 0.29) is 5.70 Å². The first-order valence-corrected chi connectivity index (χ1v) is 12.8. The molecule has 4 heteroatoms. The van der Waals surface area contributed by atoms with Gasteiger partial charge in [0, 0.05) is 36.3 Å². The lowest BCUT2D eigenvalue weighted by atomic mass is 9.79. The van der Waals surface area contributed by atoms with Gasteiger partial charge in [-0.2, -0.15) is 0 Å². The van der Waals surface area contributed by atoms with Crippen LogP contribution in [-0.2, 0) is 10.3 Å². The largest absolute Gasteiger partial charge is 0.478 e. The summed E-state index contributed by atoms with van der Waals surface area (Å²) in [5.41, 5.74) is 4.21. The second kappa shape index (κ2) is 11.0. The zero-order chi connectivity index (χ0) is 25.5. The fourth-order valence-electron chi connectivity index (χ4n) is 5.19. The van der Waals surface area contributed by atoms with Gasteiger partial charge in [0.1, 0.15) is 5.76 Å². The van der Waals surface area contributed by atoms with Gasteiger partial charge in [-0.05, 0) is 54.7 Å². The highest BCUT2D eigenvalue weighted by Crippen LogP contribution is 2.45. The van der Waals surface area contributed by atoms with Gasteiger partial charge in [-0.25, -0.2) is 10.1 Å². The molecule has 0 amide bonds. The fourth-order valence-corrected chi connectivity index (χ4v) is 5.19. The molecule has 0 unspecified atom stereocenters. The molecule has 0 saturated carbocycles. The van der Waals surface area contributed by atoms with Crippen LogP contribution in [0.1, 0.15) is 42.4 Å². The van der Waals surface area contributed by atoms with E-state index in [2.05, 4.69) is 40.1 Å². The van der Waals surface area contributed by atoms with Crippen molar-refractivity contribution in [1.82, 2.24) is 0 Å². The Kier molecular flexibility index (Phi) is 7.20. The van der Waals surface area contributed by atoms with E-state index in [0.717, 1.165) is 29.8 Å². The number of nitriles is 1. The Morgan fingerprint density at radius 1 is 0.865 bits per heavy atom. The molecule has 37 heavy (non-hydrogen) atoms. The molecular weight excluding hydrogens is 454 g/mol. The molecule has 2 heterocycles. The highest BCUT2D eigenvalue weighted by atomic mass is 16.5. The predicted octanol–water partition coefficient (Wildman–Crippen LogP) is 7.64. The maximum atomic E-state index is 9.70. The standard InChI is InChI=1S/C33H29N3O/c1-35-32(25-34)27-23-31(20-17-26-15-18-30(19-16-26)36-21-9-4-10-22-36)37-33(24-27,28-11-5-2-6-12-28)29-13-7-3-8-14-29/h2-3,5-8,11-20,23H,4,9-10,21-22,24H2. The van der Waals surface area contributed by atoms with Crippen molar-refractivity contribution in [1.29, 1.82) is 5.26 Å². The summed E-state index contributed by atoms with van der Waals surface area (Å²) in [7, 11) is 0. The summed E-state index contributed by atoms with van der Waals surface area (Å²) >= 11 is 0. The van der Waals surface area contributed by atoms with Crippen LogP contribution >= 0.6 is 0 Å². The lowest BCUT2D eigenvalue weighted by molar-refractivity contribution is 0.0348. The Morgan fingerprint density at radius 2 is 1.49 bits per heavy atom. The third-order valence-electron chi connectivity index (χ3n) is 7.10. The normalized spacial score (nSPS) is 18.3. The summed E-state index contributed by atoms with van der Waals surface area (Å²) in [4.78, 5) is 5.98. The van der Waals surface area contributed by atoms with Crippen LogP contribution in [0.3, 0.4) is 0 Å². The van der Waals surface area contributed by atoms with Gasteiger partial charge in [-0.1, -0.05) is 78.9 Å². The molecule has 0 aliphatic carbocycles. The highest BCUT2D eigenvalue weighted by molar-refractivity contribution is 5.59. The third-order valence-corrected chi connectivity index (χ3v) is 7.10. The van der Waals surface area contributed by atoms with Gasteiger partial charge in [0.2, 0.25) is 0 Å². The summed E-state index contributed by atoms with van der Waals surface area (Å²) in [6, 6.07) is 30.8. The predicted molar refractivity (Wildman–Crippen MR) is 148 cm³/mol. The van der Waals surface area contributed by atoms with Crippen LogP contribution in [0.5, 0.6) is 0 Å². The van der Waals surface area contributed by atoms with Crippen molar-refractivity contribution < 1.29 is 4.74 Å². The average molecular weight is 484 g/mol. The molecular formula is C33H29N3O. The van der Waals surface area contributed by atoms with E-state index in [1.165, 1.54) is 24.9 Å². The van der Waals surface area contributed by atoms with Gasteiger partial charge in [0.05, 0.1) is 12.6 Å². The minimum absolute atomic E-state index is 0.0938. The van der Waals surface area contributed by atoms with E-state index < -0.39 is 5.60 Å². The highest BCUT2D eigenvalue weighted by Gasteiger charge is 2.40. The van der Waals surface area contributed by atoms with Crippen LogP contribution in [-0.4, -0.2) is 13.1 Å². The molecule has 5 rings (SSSR count). The van der Waals surface area contributed by atoms with Crippen LogP contribution in [0.25, 0.3) is 10.9 Å². The Labute approximate surface area is 219 Å². The number of piperidine rings is 1. The van der Waals surface area contributed by atoms with Crippen LogP contribution < -0.4 is 4.90 Å². The molecule has 0 N–H and O–H groups in total. The minimum Gasteiger partial charge on any atom is -0.478 e. The van der Waals surface area contributed by atoms with Gasteiger partial charge >= 0.3 is 0 Å². The molecule has 0 bridgehead atoms. The first-order valence-electron chi connectivity index (χ1n) is 12.8. The molecule has 1 fully saturated rings. The quantitative estimate of drug-likeness (QED) is 0.277. The molecule has 0 atom stereocenters. The van der Waals surface area contributed by atoms with E-state index in [9.17, 15) is 5.26 Å². The van der Waals surface area contributed by atoms with Gasteiger partial charge in [0.25, 0.3) is 5.70 Å². The molecule has 0 spiro atoms. The van der Waals surface area contributed by atoms with Crippen LogP contribution in [0.4, 0.5) is 5.69 Å². The fraction of sp³-hybridized carbons (Fsp3) is 0.212. The van der Waals surface area contributed by atoms with E-state index in [1.54, 1.807) is 0 Å². The third kappa shape index (κ3) is 5.20. The maximum absolute atomic E-state index is 9.70. The summed E-state index contributed by atoms with van der Waals surface area (Å²) in [6.07, 6.45) is 10.0. The molecule has 3 aromatic carbocycles. The number of hydrogen-bond donors (Lipinski definition) is 0. The number of ether oxygens (including phenoxy) is 1. The van der Waals surface area contributed by atoms with Gasteiger partial charge < -0.3 is 9.64 Å². The molecule has 0 aromatic heterocycles. The number of rotatable bonds is 5. The summed E-state index contributed by atoms with van der Waals surface area (Å²) < 4.78 is 6.78. The number of hydrogen-bond acceptors (Lipinski definition) is 3. The Morgan fingerprint density at radius 3 is 2.05 bits per heavy atom. The topological polar surface area (TPSA) is 40.6 Å². The molecule has 3 aromatic rings. The number of allylic oxidation sites excluding steroid dienone is 3. The van der Waals surface area contributed by atoms with E-state index in [1.807, 2.05) is 78.9 Å². The first-order chi connectivity index (χ1) is 18.2. The van der Waals surface area contributed by atoms with Gasteiger partial charge in [-0.3, -0.25) is 0 Å². The second-order valence-corrected chi connectivity index (χ2v) is 9.45. The van der Waals surface area contributed by atoms with Crippen molar-refractivity contribution in [3.8, 4) is 6.07 Å². The summed E-state index contributed by atoms with van der Waals surface area (Å²) in [5.74, 6) is 0.616. The van der Waals surface area contributed by atoms with Crippen molar-refractivity contribution in [3.05, 3.63) is 142 Å². The van der Waals surface area contributed by atoms with E-state index in [0.29, 0.717) is 17.8 Å². The minimum atomic E-state index is -0.850. The SMILES string of the molecule is [C-]#[N+]C(C#N)=C1C=C(C=Cc2ccc(N3CCCCC3)cc2)OC(c2ccccc2)(c2ccccc2)C1. The average Bonchev–Trinajstić information content (AvgIpc) is 2.98. The Bertz CT molecular complexity index is 1340. The Hall–Kier alpha value is -4.54. The van der Waals surface area contributed by atoms with E-state index in [4.69, 9.17) is 11.3 Å². The summed E-state index contributed by atoms with van der Waals surface area (Å²) in [6.45, 7) is 9.83. The van der Waals surface area contributed by atoms with Crippen molar-refractivity contribution in [2.24, 2.45) is 0 Å².